The Morgan fingerprint density at radius 1 is 1.14 bits per heavy atom. The molecule has 0 unspecified atom stereocenters. The average Bonchev–Trinajstić information content (AvgIpc) is 2.64. The van der Waals surface area contributed by atoms with E-state index in [0.717, 1.165) is 35.0 Å². The molecule has 3 rings (SSSR count). The molecule has 3 aromatic rings. The van der Waals surface area contributed by atoms with Gasteiger partial charge in [-0.3, -0.25) is 0 Å². The van der Waals surface area contributed by atoms with Crippen LogP contribution in [0.1, 0.15) is 17.5 Å². The molecule has 1 heterocycles. The molecule has 2 aromatic carbocycles. The van der Waals surface area contributed by atoms with Crippen molar-refractivity contribution in [2.75, 3.05) is 25.0 Å². The van der Waals surface area contributed by atoms with Crippen molar-refractivity contribution in [3.05, 3.63) is 52.0 Å². The predicted octanol–water partition coefficient (Wildman–Crippen LogP) is 5.17. The Morgan fingerprint density at radius 2 is 1.89 bits per heavy atom. The minimum Gasteiger partial charge on any atom is -0.359 e. The Kier molecular flexibility index (Phi) is 5.90. The molecule has 0 saturated carbocycles. The van der Waals surface area contributed by atoms with Gasteiger partial charge >= 0.3 is 6.18 Å². The first-order valence-electron chi connectivity index (χ1n) is 8.77. The van der Waals surface area contributed by atoms with Gasteiger partial charge in [0.2, 0.25) is 0 Å². The largest absolute Gasteiger partial charge is 0.416 e. The number of nitrogens with zero attached hydrogens (tertiary/aromatic N) is 3. The lowest BCUT2D eigenvalue weighted by Crippen LogP contribution is -2.22. The molecular formula is C20H20BrF3N4. The molecule has 0 aliphatic heterocycles. The fraction of sp³-hybridized carbons (Fsp3) is 0.300. The van der Waals surface area contributed by atoms with Crippen LogP contribution in [0.15, 0.2) is 40.9 Å². The van der Waals surface area contributed by atoms with Crippen molar-refractivity contribution >= 4 is 32.7 Å². The summed E-state index contributed by atoms with van der Waals surface area (Å²) in [7, 11) is 1.89. The highest BCUT2D eigenvalue weighted by molar-refractivity contribution is 9.10. The van der Waals surface area contributed by atoms with Crippen molar-refractivity contribution in [2.45, 2.75) is 19.5 Å². The molecule has 28 heavy (non-hydrogen) atoms. The minimum absolute atomic E-state index is 0.253. The van der Waals surface area contributed by atoms with Crippen LogP contribution in [0.5, 0.6) is 0 Å². The van der Waals surface area contributed by atoms with E-state index in [2.05, 4.69) is 25.9 Å². The summed E-state index contributed by atoms with van der Waals surface area (Å²) >= 11 is 3.17. The number of nitrogens with two attached hydrogens (primary N) is 1. The smallest absolute Gasteiger partial charge is 0.359 e. The zero-order chi connectivity index (χ0) is 20.5. The van der Waals surface area contributed by atoms with Gasteiger partial charge in [-0.05, 0) is 49.7 Å². The lowest BCUT2D eigenvalue weighted by molar-refractivity contribution is -0.137. The number of aryl methyl sites for hydroxylation is 1. The summed E-state index contributed by atoms with van der Waals surface area (Å²) in [6, 6.07) is 9.48. The van der Waals surface area contributed by atoms with Crippen LogP contribution < -0.4 is 10.6 Å². The summed E-state index contributed by atoms with van der Waals surface area (Å²) in [6.07, 6.45) is -3.68. The Labute approximate surface area is 169 Å². The zero-order valence-electron chi connectivity index (χ0n) is 15.5. The number of para-hydroxylation sites is 1. The van der Waals surface area contributed by atoms with Crippen LogP contribution in [0.3, 0.4) is 0 Å². The maximum Gasteiger partial charge on any atom is 0.416 e. The molecular weight excluding hydrogens is 433 g/mol. The molecule has 0 aliphatic rings. The Morgan fingerprint density at radius 3 is 2.57 bits per heavy atom. The Balaban J connectivity index is 2.22. The van der Waals surface area contributed by atoms with Crippen LogP contribution in [0.25, 0.3) is 22.3 Å². The third-order valence-corrected chi connectivity index (χ3v) is 4.91. The quantitative estimate of drug-likeness (QED) is 0.579. The van der Waals surface area contributed by atoms with Crippen molar-refractivity contribution in [3.8, 4) is 11.4 Å². The summed E-state index contributed by atoms with van der Waals surface area (Å²) < 4.78 is 40.1. The van der Waals surface area contributed by atoms with E-state index in [4.69, 9.17) is 5.73 Å². The fourth-order valence-electron chi connectivity index (χ4n) is 3.02. The molecule has 2 N–H and O–H groups in total. The van der Waals surface area contributed by atoms with Gasteiger partial charge in [0, 0.05) is 29.0 Å². The first kappa shape index (κ1) is 20.5. The molecule has 8 heteroatoms. The Hall–Kier alpha value is -2.19. The maximum atomic E-state index is 13.2. The van der Waals surface area contributed by atoms with Gasteiger partial charge in [0.25, 0.3) is 0 Å². The van der Waals surface area contributed by atoms with Gasteiger partial charge < -0.3 is 10.6 Å². The molecule has 0 fully saturated rings. The van der Waals surface area contributed by atoms with Crippen LogP contribution in [-0.4, -0.2) is 30.1 Å². The standard InChI is InChI=1S/C20H20BrF3N4/c1-12-5-3-6-16-17(12)26-18(27-19(16)28(2)8-4-7-25)13-9-14(20(22,23)24)11-15(21)10-13/h3,5-6,9-11H,4,7-8,25H2,1-2H3. The van der Waals surface area contributed by atoms with Gasteiger partial charge in [0.1, 0.15) is 5.82 Å². The van der Waals surface area contributed by atoms with E-state index in [-0.39, 0.29) is 5.82 Å². The number of fused-ring (bicyclic) bond motifs is 1. The van der Waals surface area contributed by atoms with Gasteiger partial charge in [-0.15, -0.1) is 0 Å². The normalized spacial score (nSPS) is 11.8. The van der Waals surface area contributed by atoms with E-state index < -0.39 is 11.7 Å². The number of benzene rings is 2. The monoisotopic (exact) mass is 452 g/mol. The lowest BCUT2D eigenvalue weighted by Gasteiger charge is -2.21. The second kappa shape index (κ2) is 8.05. The maximum absolute atomic E-state index is 13.2. The van der Waals surface area contributed by atoms with Crippen molar-refractivity contribution in [2.24, 2.45) is 5.73 Å². The summed E-state index contributed by atoms with van der Waals surface area (Å²) in [4.78, 5) is 11.2. The van der Waals surface area contributed by atoms with Crippen LogP contribution in [0.2, 0.25) is 0 Å². The molecule has 0 bridgehead atoms. The van der Waals surface area contributed by atoms with Crippen LogP contribution in [0, 0.1) is 6.92 Å². The predicted molar refractivity (Wildman–Crippen MR) is 109 cm³/mol. The molecule has 148 valence electrons. The van der Waals surface area contributed by atoms with Crippen molar-refractivity contribution in [1.82, 2.24) is 9.97 Å². The second-order valence-electron chi connectivity index (χ2n) is 6.63. The zero-order valence-corrected chi connectivity index (χ0v) is 17.1. The van der Waals surface area contributed by atoms with Crippen LogP contribution in [-0.2, 0) is 6.18 Å². The van der Waals surface area contributed by atoms with Gasteiger partial charge in [0.15, 0.2) is 5.82 Å². The topological polar surface area (TPSA) is 55.0 Å². The minimum atomic E-state index is -4.45. The Bertz CT molecular complexity index is 1000. The number of aromatic nitrogens is 2. The summed E-state index contributed by atoms with van der Waals surface area (Å²) in [5.74, 6) is 0.925. The molecule has 0 aliphatic carbocycles. The number of halogens is 4. The molecule has 4 nitrogen and oxygen atoms in total. The van der Waals surface area contributed by atoms with Gasteiger partial charge in [0.05, 0.1) is 11.1 Å². The van der Waals surface area contributed by atoms with E-state index in [1.54, 1.807) is 6.07 Å². The molecule has 1 aromatic heterocycles. The summed E-state index contributed by atoms with van der Waals surface area (Å²) in [5, 5.41) is 0.856. The van der Waals surface area contributed by atoms with Crippen LogP contribution in [0.4, 0.5) is 19.0 Å². The fourth-order valence-corrected chi connectivity index (χ4v) is 3.51. The van der Waals surface area contributed by atoms with Crippen molar-refractivity contribution in [1.29, 1.82) is 0 Å². The van der Waals surface area contributed by atoms with Crippen LogP contribution >= 0.6 is 15.9 Å². The third-order valence-electron chi connectivity index (χ3n) is 4.45. The number of hydrogen-bond acceptors (Lipinski definition) is 4. The van der Waals surface area contributed by atoms with Gasteiger partial charge in [-0.1, -0.05) is 28.1 Å². The number of rotatable bonds is 5. The van der Waals surface area contributed by atoms with E-state index in [1.807, 2.05) is 37.1 Å². The first-order chi connectivity index (χ1) is 13.2. The number of hydrogen-bond donors (Lipinski definition) is 1. The number of anilines is 1. The van der Waals surface area contributed by atoms with E-state index in [1.165, 1.54) is 0 Å². The molecule has 0 amide bonds. The molecule has 0 spiro atoms. The molecule has 0 atom stereocenters. The van der Waals surface area contributed by atoms with Crippen molar-refractivity contribution in [3.63, 3.8) is 0 Å². The van der Waals surface area contributed by atoms with Crippen molar-refractivity contribution < 1.29 is 13.2 Å². The molecule has 0 radical (unpaired) electrons. The van der Waals surface area contributed by atoms with E-state index >= 15 is 0 Å². The van der Waals surface area contributed by atoms with E-state index in [0.29, 0.717) is 28.9 Å². The lowest BCUT2D eigenvalue weighted by atomic mass is 10.1. The first-order valence-corrected chi connectivity index (χ1v) is 9.56. The average molecular weight is 453 g/mol. The third kappa shape index (κ3) is 4.28. The highest BCUT2D eigenvalue weighted by Crippen LogP contribution is 2.35. The van der Waals surface area contributed by atoms with Gasteiger partial charge in [-0.25, -0.2) is 9.97 Å². The SMILES string of the molecule is Cc1cccc2c(N(C)CCCN)nc(-c3cc(Br)cc(C(F)(F)F)c3)nc12. The highest BCUT2D eigenvalue weighted by atomic mass is 79.9. The summed E-state index contributed by atoms with van der Waals surface area (Å²) in [6.45, 7) is 3.15. The highest BCUT2D eigenvalue weighted by Gasteiger charge is 2.31. The molecule has 0 saturated heterocycles. The number of alkyl halides is 3. The second-order valence-corrected chi connectivity index (χ2v) is 7.55. The van der Waals surface area contributed by atoms with Gasteiger partial charge in [-0.2, -0.15) is 13.2 Å². The summed E-state index contributed by atoms with van der Waals surface area (Å²) in [5.41, 5.74) is 6.82. The van der Waals surface area contributed by atoms with E-state index in [9.17, 15) is 13.2 Å².